The zero-order valence-electron chi connectivity index (χ0n) is 17.4. The summed E-state index contributed by atoms with van der Waals surface area (Å²) in [6, 6.07) is 22.7. The van der Waals surface area contributed by atoms with Crippen LogP contribution in [0.5, 0.6) is 0 Å². The van der Waals surface area contributed by atoms with E-state index >= 15 is 0 Å². The quantitative estimate of drug-likeness (QED) is 0.583. The van der Waals surface area contributed by atoms with Gasteiger partial charge in [0.05, 0.1) is 12.3 Å². The van der Waals surface area contributed by atoms with Crippen LogP contribution in [0.3, 0.4) is 0 Å². The topological polar surface area (TPSA) is 66.8 Å². The molecule has 3 aliphatic rings. The number of Topliss-reactive ketones (excluding diaryl/α,β-unsaturated/α-hetero) is 3. The number of carbonyl (C=O) groups excluding carboxylic acids is 3. The van der Waals surface area contributed by atoms with Gasteiger partial charge in [-0.1, -0.05) is 78.9 Å². The Morgan fingerprint density at radius 3 is 2.09 bits per heavy atom. The van der Waals surface area contributed by atoms with E-state index in [0.717, 1.165) is 16.7 Å². The molecule has 1 fully saturated rings. The molecule has 0 saturated carbocycles. The van der Waals surface area contributed by atoms with Gasteiger partial charge in [0.2, 0.25) is 0 Å². The Morgan fingerprint density at radius 2 is 1.44 bits per heavy atom. The Morgan fingerprint density at radius 1 is 0.844 bits per heavy atom. The SMILES string of the molecule is CC(=O)[C@H]1[C@H](c2ccccc2)C2(C(=O)c3ccccc3C2=O)[C@H]2c3ccccc3C=NN12. The van der Waals surface area contributed by atoms with Crippen LogP contribution >= 0.6 is 0 Å². The van der Waals surface area contributed by atoms with E-state index in [-0.39, 0.29) is 17.3 Å². The third kappa shape index (κ3) is 2.18. The van der Waals surface area contributed by atoms with Gasteiger partial charge in [0.1, 0.15) is 11.5 Å². The number of hydrogen-bond donors (Lipinski definition) is 0. The number of ketones is 3. The van der Waals surface area contributed by atoms with Crippen molar-refractivity contribution in [2.75, 3.05) is 0 Å². The maximum atomic E-state index is 14.2. The molecule has 1 saturated heterocycles. The van der Waals surface area contributed by atoms with Crippen LogP contribution in [-0.2, 0) is 4.79 Å². The monoisotopic (exact) mass is 420 g/mol. The Bertz CT molecular complexity index is 1290. The highest BCUT2D eigenvalue weighted by Gasteiger charge is 2.72. The molecule has 0 amide bonds. The third-order valence-corrected chi connectivity index (χ3v) is 7.15. The van der Waals surface area contributed by atoms with Crippen molar-refractivity contribution in [2.24, 2.45) is 10.5 Å². The number of rotatable bonds is 2. The fraction of sp³-hybridized carbons (Fsp3) is 0.185. The van der Waals surface area contributed by atoms with Crippen molar-refractivity contribution in [2.45, 2.75) is 24.9 Å². The zero-order valence-corrected chi connectivity index (χ0v) is 17.4. The second-order valence-corrected chi connectivity index (χ2v) is 8.67. The first kappa shape index (κ1) is 18.9. The molecule has 32 heavy (non-hydrogen) atoms. The van der Waals surface area contributed by atoms with Crippen LogP contribution in [0.15, 0.2) is 84.0 Å². The highest BCUT2D eigenvalue weighted by molar-refractivity contribution is 6.31. The van der Waals surface area contributed by atoms with Crippen LogP contribution in [0.25, 0.3) is 0 Å². The van der Waals surface area contributed by atoms with Crippen LogP contribution in [-0.4, -0.2) is 34.6 Å². The summed E-state index contributed by atoms with van der Waals surface area (Å²) in [5.41, 5.74) is 1.89. The van der Waals surface area contributed by atoms with Crippen molar-refractivity contribution < 1.29 is 14.4 Å². The summed E-state index contributed by atoms with van der Waals surface area (Å²) in [7, 11) is 0. The molecular formula is C27H20N2O3. The summed E-state index contributed by atoms with van der Waals surface area (Å²) in [5.74, 6) is -1.22. The summed E-state index contributed by atoms with van der Waals surface area (Å²) in [5, 5.41) is 6.36. The molecule has 156 valence electrons. The highest BCUT2D eigenvalue weighted by atomic mass is 16.2. The maximum absolute atomic E-state index is 14.2. The van der Waals surface area contributed by atoms with Crippen molar-refractivity contribution in [3.05, 3.63) is 107 Å². The fourth-order valence-electron chi connectivity index (χ4n) is 5.96. The Kier molecular flexibility index (Phi) is 3.87. The minimum Gasteiger partial charge on any atom is -0.298 e. The van der Waals surface area contributed by atoms with E-state index in [1.54, 1.807) is 35.5 Å². The summed E-state index contributed by atoms with van der Waals surface area (Å²) < 4.78 is 0. The molecule has 0 unspecified atom stereocenters. The summed E-state index contributed by atoms with van der Waals surface area (Å²) >= 11 is 0. The van der Waals surface area contributed by atoms with Gasteiger partial charge in [0, 0.05) is 17.0 Å². The Labute approximate surface area is 185 Å². The normalized spacial score (nSPS) is 24.4. The smallest absolute Gasteiger partial charge is 0.180 e. The average Bonchev–Trinajstić information content (AvgIpc) is 3.26. The van der Waals surface area contributed by atoms with Gasteiger partial charge in [-0.3, -0.25) is 19.4 Å². The minimum atomic E-state index is -1.46. The molecule has 5 nitrogen and oxygen atoms in total. The first-order chi connectivity index (χ1) is 15.6. The number of hydrazone groups is 1. The summed E-state index contributed by atoms with van der Waals surface area (Å²) in [6.45, 7) is 1.52. The number of benzene rings is 3. The van der Waals surface area contributed by atoms with E-state index in [0.29, 0.717) is 11.1 Å². The lowest BCUT2D eigenvalue weighted by molar-refractivity contribution is -0.122. The van der Waals surface area contributed by atoms with Gasteiger partial charge in [-0.25, -0.2) is 0 Å². The second-order valence-electron chi connectivity index (χ2n) is 8.67. The molecule has 3 aromatic rings. The van der Waals surface area contributed by atoms with E-state index < -0.39 is 23.4 Å². The predicted molar refractivity (Wildman–Crippen MR) is 120 cm³/mol. The predicted octanol–water partition coefficient (Wildman–Crippen LogP) is 4.20. The van der Waals surface area contributed by atoms with Crippen molar-refractivity contribution >= 4 is 23.6 Å². The molecule has 0 N–H and O–H groups in total. The van der Waals surface area contributed by atoms with E-state index in [1.165, 1.54) is 6.92 Å². The average molecular weight is 420 g/mol. The molecule has 2 aliphatic heterocycles. The molecule has 1 spiro atoms. The van der Waals surface area contributed by atoms with E-state index in [2.05, 4.69) is 5.10 Å². The van der Waals surface area contributed by atoms with Crippen molar-refractivity contribution in [1.29, 1.82) is 0 Å². The van der Waals surface area contributed by atoms with Gasteiger partial charge in [-0.15, -0.1) is 0 Å². The van der Waals surface area contributed by atoms with Crippen molar-refractivity contribution in [3.63, 3.8) is 0 Å². The van der Waals surface area contributed by atoms with Crippen molar-refractivity contribution in [3.8, 4) is 0 Å². The van der Waals surface area contributed by atoms with Gasteiger partial charge >= 0.3 is 0 Å². The van der Waals surface area contributed by atoms with E-state index in [1.807, 2.05) is 54.6 Å². The van der Waals surface area contributed by atoms with E-state index in [9.17, 15) is 14.4 Å². The molecule has 5 heteroatoms. The molecule has 0 bridgehead atoms. The van der Waals surface area contributed by atoms with E-state index in [4.69, 9.17) is 0 Å². The Hall–Kier alpha value is -3.86. The van der Waals surface area contributed by atoms with Gasteiger partial charge in [0.25, 0.3) is 0 Å². The summed E-state index contributed by atoms with van der Waals surface area (Å²) in [6.07, 6.45) is 1.72. The molecule has 3 atom stereocenters. The lowest BCUT2D eigenvalue weighted by atomic mass is 9.63. The largest absolute Gasteiger partial charge is 0.298 e. The number of nitrogens with zero attached hydrogens (tertiary/aromatic N) is 2. The van der Waals surface area contributed by atoms with Crippen LogP contribution in [0, 0.1) is 5.41 Å². The number of carbonyl (C=O) groups is 3. The lowest BCUT2D eigenvalue weighted by Gasteiger charge is -2.36. The second kappa shape index (κ2) is 6.57. The standard InChI is InChI=1S/C27H20N2O3/c1-16(30)23-22(17-9-3-2-4-10-17)27(25(31)20-13-7-8-14-21(20)26(27)32)24-19-12-6-5-11-18(19)15-28-29(23)24/h2-15,22-24H,1H3/t22-,23-,24+/m0/s1. The van der Waals surface area contributed by atoms with Crippen LogP contribution < -0.4 is 0 Å². The number of hydrogen-bond acceptors (Lipinski definition) is 5. The summed E-state index contributed by atoms with van der Waals surface area (Å²) in [4.78, 5) is 41.6. The van der Waals surface area contributed by atoms with Crippen LogP contribution in [0.2, 0.25) is 0 Å². The van der Waals surface area contributed by atoms with Gasteiger partial charge in [-0.05, 0) is 23.6 Å². The third-order valence-electron chi connectivity index (χ3n) is 7.15. The highest BCUT2D eigenvalue weighted by Crippen LogP contribution is 2.64. The Balaban J connectivity index is 1.72. The first-order valence-corrected chi connectivity index (χ1v) is 10.7. The molecule has 3 aromatic carbocycles. The lowest BCUT2D eigenvalue weighted by Crippen LogP contribution is -2.43. The molecule has 0 radical (unpaired) electrons. The van der Waals surface area contributed by atoms with Gasteiger partial charge < -0.3 is 0 Å². The first-order valence-electron chi connectivity index (χ1n) is 10.7. The van der Waals surface area contributed by atoms with Crippen LogP contribution in [0.1, 0.15) is 56.3 Å². The molecular weight excluding hydrogens is 400 g/mol. The van der Waals surface area contributed by atoms with Gasteiger partial charge in [0.15, 0.2) is 17.3 Å². The zero-order chi connectivity index (χ0) is 22.0. The molecule has 0 aromatic heterocycles. The molecule has 6 rings (SSSR count). The maximum Gasteiger partial charge on any atom is 0.180 e. The number of fused-ring (bicyclic) bond motifs is 5. The fourth-order valence-corrected chi connectivity index (χ4v) is 5.96. The molecule has 1 aliphatic carbocycles. The van der Waals surface area contributed by atoms with Gasteiger partial charge in [-0.2, -0.15) is 5.10 Å². The minimum absolute atomic E-state index is 0.117. The van der Waals surface area contributed by atoms with Crippen molar-refractivity contribution in [1.82, 2.24) is 5.01 Å². The molecule has 2 heterocycles. The van der Waals surface area contributed by atoms with Crippen LogP contribution in [0.4, 0.5) is 0 Å².